The Balaban J connectivity index is 2.20. The molecule has 3 N–H and O–H groups in total. The molecule has 1 aromatic heterocycles. The highest BCUT2D eigenvalue weighted by Crippen LogP contribution is 2.17. The summed E-state index contributed by atoms with van der Waals surface area (Å²) in [6.45, 7) is 2.07. The van der Waals surface area contributed by atoms with Gasteiger partial charge in [-0.25, -0.2) is 9.97 Å². The average Bonchev–Trinajstić information content (AvgIpc) is 2.40. The topological polar surface area (TPSA) is 72.0 Å². The van der Waals surface area contributed by atoms with E-state index >= 15 is 0 Å². The SMILES string of the molecule is CC(N)c1ccc(-c2ncc(CCO)cn2)cc1. The van der Waals surface area contributed by atoms with E-state index in [1.807, 2.05) is 31.2 Å². The fourth-order valence-electron chi connectivity index (χ4n) is 1.70. The molecule has 0 aliphatic heterocycles. The monoisotopic (exact) mass is 243 g/mol. The predicted molar refractivity (Wildman–Crippen MR) is 70.9 cm³/mol. The van der Waals surface area contributed by atoms with Gasteiger partial charge in [0.05, 0.1) is 0 Å². The summed E-state index contributed by atoms with van der Waals surface area (Å²) in [5.41, 5.74) is 8.80. The van der Waals surface area contributed by atoms with Crippen molar-refractivity contribution in [1.82, 2.24) is 9.97 Å². The zero-order chi connectivity index (χ0) is 13.0. The van der Waals surface area contributed by atoms with Crippen LogP contribution in [0.4, 0.5) is 0 Å². The van der Waals surface area contributed by atoms with Gasteiger partial charge in [0.2, 0.25) is 0 Å². The van der Waals surface area contributed by atoms with Crippen molar-refractivity contribution < 1.29 is 5.11 Å². The van der Waals surface area contributed by atoms with Crippen molar-refractivity contribution >= 4 is 0 Å². The van der Waals surface area contributed by atoms with Gasteiger partial charge in [-0.05, 0) is 24.5 Å². The summed E-state index contributed by atoms with van der Waals surface area (Å²) in [7, 11) is 0. The largest absolute Gasteiger partial charge is 0.396 e. The summed E-state index contributed by atoms with van der Waals surface area (Å²) in [6.07, 6.45) is 4.08. The molecule has 0 aliphatic rings. The number of aromatic nitrogens is 2. The van der Waals surface area contributed by atoms with Crippen LogP contribution in [0.5, 0.6) is 0 Å². The number of rotatable bonds is 4. The molecule has 4 heteroatoms. The number of nitrogens with zero attached hydrogens (tertiary/aromatic N) is 2. The van der Waals surface area contributed by atoms with E-state index in [1.54, 1.807) is 12.4 Å². The highest BCUT2D eigenvalue weighted by Gasteiger charge is 2.03. The second kappa shape index (κ2) is 5.71. The van der Waals surface area contributed by atoms with Gasteiger partial charge in [-0.2, -0.15) is 0 Å². The lowest BCUT2D eigenvalue weighted by Crippen LogP contribution is -2.04. The van der Waals surface area contributed by atoms with Crippen molar-refractivity contribution in [2.45, 2.75) is 19.4 Å². The van der Waals surface area contributed by atoms with Crippen molar-refractivity contribution in [2.24, 2.45) is 5.73 Å². The molecule has 2 rings (SSSR count). The minimum Gasteiger partial charge on any atom is -0.396 e. The lowest BCUT2D eigenvalue weighted by Gasteiger charge is -2.06. The Morgan fingerprint density at radius 2 is 1.78 bits per heavy atom. The Labute approximate surface area is 107 Å². The van der Waals surface area contributed by atoms with Crippen LogP contribution in [0.15, 0.2) is 36.7 Å². The molecule has 0 spiro atoms. The van der Waals surface area contributed by atoms with Crippen molar-refractivity contribution in [3.05, 3.63) is 47.8 Å². The maximum atomic E-state index is 8.82. The fourth-order valence-corrected chi connectivity index (χ4v) is 1.70. The minimum atomic E-state index is 0.0342. The summed E-state index contributed by atoms with van der Waals surface area (Å²) < 4.78 is 0. The first-order chi connectivity index (χ1) is 8.70. The molecule has 0 saturated heterocycles. The summed E-state index contributed by atoms with van der Waals surface area (Å²) in [4.78, 5) is 8.58. The Kier molecular flexibility index (Phi) is 4.02. The van der Waals surface area contributed by atoms with Crippen LogP contribution in [-0.4, -0.2) is 21.7 Å². The molecule has 0 amide bonds. The molecule has 0 radical (unpaired) electrons. The van der Waals surface area contributed by atoms with E-state index in [0.29, 0.717) is 12.2 Å². The van der Waals surface area contributed by atoms with Gasteiger partial charge in [-0.3, -0.25) is 0 Å². The highest BCUT2D eigenvalue weighted by molar-refractivity contribution is 5.55. The van der Waals surface area contributed by atoms with Gasteiger partial charge < -0.3 is 10.8 Å². The Morgan fingerprint density at radius 3 is 2.28 bits per heavy atom. The van der Waals surface area contributed by atoms with E-state index in [4.69, 9.17) is 10.8 Å². The number of nitrogens with two attached hydrogens (primary N) is 1. The standard InChI is InChI=1S/C14H17N3O/c1-10(15)12-2-4-13(5-3-12)14-16-8-11(6-7-18)9-17-14/h2-5,8-10,18H,6-7,15H2,1H3. The van der Waals surface area contributed by atoms with E-state index in [1.165, 1.54) is 0 Å². The van der Waals surface area contributed by atoms with Crippen molar-refractivity contribution in [2.75, 3.05) is 6.61 Å². The smallest absolute Gasteiger partial charge is 0.159 e. The second-order valence-electron chi connectivity index (χ2n) is 4.30. The van der Waals surface area contributed by atoms with Crippen LogP contribution >= 0.6 is 0 Å². The molecule has 0 fully saturated rings. The first kappa shape index (κ1) is 12.7. The molecule has 4 nitrogen and oxygen atoms in total. The Hall–Kier alpha value is -1.78. The molecule has 0 bridgehead atoms. The number of benzene rings is 1. The molecule has 18 heavy (non-hydrogen) atoms. The third-order valence-corrected chi connectivity index (χ3v) is 2.80. The van der Waals surface area contributed by atoms with Gasteiger partial charge in [0.1, 0.15) is 0 Å². The highest BCUT2D eigenvalue weighted by atomic mass is 16.2. The molecule has 1 aromatic carbocycles. The summed E-state index contributed by atoms with van der Waals surface area (Å²) in [5.74, 6) is 0.688. The minimum absolute atomic E-state index is 0.0342. The molecule has 1 heterocycles. The predicted octanol–water partition coefficient (Wildman–Crippen LogP) is 1.70. The van der Waals surface area contributed by atoms with Gasteiger partial charge in [-0.1, -0.05) is 24.3 Å². The molecule has 94 valence electrons. The molecular formula is C14H17N3O. The van der Waals surface area contributed by atoms with Crippen LogP contribution in [-0.2, 0) is 6.42 Å². The lowest BCUT2D eigenvalue weighted by molar-refractivity contribution is 0.299. The van der Waals surface area contributed by atoms with Crippen LogP contribution in [0.3, 0.4) is 0 Å². The van der Waals surface area contributed by atoms with E-state index in [-0.39, 0.29) is 12.6 Å². The van der Waals surface area contributed by atoms with E-state index in [9.17, 15) is 0 Å². The Morgan fingerprint density at radius 1 is 1.17 bits per heavy atom. The van der Waals surface area contributed by atoms with Crippen LogP contribution in [0.1, 0.15) is 24.1 Å². The molecule has 1 unspecified atom stereocenters. The molecule has 1 atom stereocenters. The third-order valence-electron chi connectivity index (χ3n) is 2.80. The first-order valence-corrected chi connectivity index (χ1v) is 5.98. The lowest BCUT2D eigenvalue weighted by atomic mass is 10.1. The normalized spacial score (nSPS) is 12.4. The van der Waals surface area contributed by atoms with E-state index < -0.39 is 0 Å². The van der Waals surface area contributed by atoms with Gasteiger partial charge >= 0.3 is 0 Å². The molecular weight excluding hydrogens is 226 g/mol. The van der Waals surface area contributed by atoms with Gasteiger partial charge in [0, 0.05) is 30.6 Å². The number of hydrogen-bond acceptors (Lipinski definition) is 4. The summed E-state index contributed by atoms with van der Waals surface area (Å²) in [6, 6.07) is 7.96. The zero-order valence-electron chi connectivity index (χ0n) is 10.4. The quantitative estimate of drug-likeness (QED) is 0.857. The van der Waals surface area contributed by atoms with Gasteiger partial charge in [0.25, 0.3) is 0 Å². The number of aliphatic hydroxyl groups excluding tert-OH is 1. The molecule has 0 saturated carbocycles. The molecule has 2 aromatic rings. The second-order valence-corrected chi connectivity index (χ2v) is 4.30. The zero-order valence-corrected chi connectivity index (χ0v) is 10.4. The van der Waals surface area contributed by atoms with Crippen molar-refractivity contribution in [3.63, 3.8) is 0 Å². The maximum Gasteiger partial charge on any atom is 0.159 e. The number of hydrogen-bond donors (Lipinski definition) is 2. The van der Waals surface area contributed by atoms with Crippen LogP contribution in [0.25, 0.3) is 11.4 Å². The van der Waals surface area contributed by atoms with Crippen LogP contribution < -0.4 is 5.73 Å². The average molecular weight is 243 g/mol. The van der Waals surface area contributed by atoms with Crippen LogP contribution in [0, 0.1) is 0 Å². The maximum absolute atomic E-state index is 8.82. The van der Waals surface area contributed by atoms with Gasteiger partial charge in [-0.15, -0.1) is 0 Å². The van der Waals surface area contributed by atoms with E-state index in [0.717, 1.165) is 16.7 Å². The number of aliphatic hydroxyl groups is 1. The summed E-state index contributed by atoms with van der Waals surface area (Å²) in [5, 5.41) is 8.82. The molecule has 0 aliphatic carbocycles. The Bertz CT molecular complexity index is 491. The first-order valence-electron chi connectivity index (χ1n) is 5.98. The van der Waals surface area contributed by atoms with Crippen molar-refractivity contribution in [3.8, 4) is 11.4 Å². The van der Waals surface area contributed by atoms with E-state index in [2.05, 4.69) is 9.97 Å². The fraction of sp³-hybridized carbons (Fsp3) is 0.286. The van der Waals surface area contributed by atoms with Gasteiger partial charge in [0.15, 0.2) is 5.82 Å². The summed E-state index contributed by atoms with van der Waals surface area (Å²) >= 11 is 0. The third kappa shape index (κ3) is 2.91. The van der Waals surface area contributed by atoms with Crippen molar-refractivity contribution in [1.29, 1.82) is 0 Å². The van der Waals surface area contributed by atoms with Crippen LogP contribution in [0.2, 0.25) is 0 Å².